The van der Waals surface area contributed by atoms with Gasteiger partial charge < -0.3 is 5.32 Å². The fourth-order valence-electron chi connectivity index (χ4n) is 1.79. The molecule has 0 saturated carbocycles. The van der Waals surface area contributed by atoms with Gasteiger partial charge in [0.25, 0.3) is 5.91 Å². The molecule has 0 atom stereocenters. The Labute approximate surface area is 147 Å². The minimum atomic E-state index is -0.879. The van der Waals surface area contributed by atoms with E-state index in [0.717, 1.165) is 0 Å². The van der Waals surface area contributed by atoms with Crippen LogP contribution in [-0.2, 0) is 7.05 Å². The molecule has 11 heteroatoms. The van der Waals surface area contributed by atoms with Crippen LogP contribution in [0.25, 0.3) is 5.69 Å². The third-order valence-electron chi connectivity index (χ3n) is 2.81. The van der Waals surface area contributed by atoms with Crippen molar-refractivity contribution in [1.29, 1.82) is 0 Å². The maximum absolute atomic E-state index is 14.0. The minimum absolute atomic E-state index is 0.169. The molecule has 23 heavy (non-hydrogen) atoms. The van der Waals surface area contributed by atoms with E-state index in [4.69, 9.17) is 11.6 Å². The van der Waals surface area contributed by atoms with Gasteiger partial charge >= 0.3 is 0 Å². The number of carbonyl (C=O) groups excluding carboxylic acids is 1. The van der Waals surface area contributed by atoms with Crippen molar-refractivity contribution in [2.75, 3.05) is 5.32 Å². The van der Waals surface area contributed by atoms with Gasteiger partial charge in [0, 0.05) is 16.8 Å². The van der Waals surface area contributed by atoms with E-state index in [-0.39, 0.29) is 16.5 Å². The average molecular weight is 448 g/mol. The lowest BCUT2D eigenvalue weighted by atomic mass is 10.2. The lowest BCUT2D eigenvalue weighted by Crippen LogP contribution is -2.16. The van der Waals surface area contributed by atoms with Crippen molar-refractivity contribution in [3.8, 4) is 5.69 Å². The van der Waals surface area contributed by atoms with Crippen LogP contribution in [0.4, 0.5) is 10.2 Å². The Morgan fingerprint density at radius 2 is 2.13 bits per heavy atom. The van der Waals surface area contributed by atoms with E-state index in [1.807, 2.05) is 0 Å². The number of amides is 1. The van der Waals surface area contributed by atoms with E-state index >= 15 is 0 Å². The number of anilines is 1. The highest BCUT2D eigenvalue weighted by molar-refractivity contribution is 14.1. The molecular formula is C12H8ClFIN7O. The summed E-state index contributed by atoms with van der Waals surface area (Å²) in [6, 6.07) is 0. The summed E-state index contributed by atoms with van der Waals surface area (Å²) in [5.41, 5.74) is 0.433. The predicted octanol–water partition coefficient (Wildman–Crippen LogP) is 2.05. The van der Waals surface area contributed by atoms with Crippen molar-refractivity contribution in [1.82, 2.24) is 29.8 Å². The highest BCUT2D eigenvalue weighted by Crippen LogP contribution is 2.21. The number of nitrogens with one attached hydrogen (secondary N) is 1. The molecule has 0 fully saturated rings. The van der Waals surface area contributed by atoms with E-state index < -0.39 is 11.7 Å². The summed E-state index contributed by atoms with van der Waals surface area (Å²) in [5, 5.41) is 14.2. The topological polar surface area (TPSA) is 90.5 Å². The Morgan fingerprint density at radius 3 is 2.83 bits per heavy atom. The zero-order valence-electron chi connectivity index (χ0n) is 11.5. The van der Waals surface area contributed by atoms with Gasteiger partial charge in [-0.3, -0.25) is 9.48 Å². The van der Waals surface area contributed by atoms with Gasteiger partial charge in [0.2, 0.25) is 0 Å². The molecule has 3 heterocycles. The number of rotatable bonds is 3. The van der Waals surface area contributed by atoms with Gasteiger partial charge in [-0.1, -0.05) is 11.6 Å². The quantitative estimate of drug-likeness (QED) is 0.490. The van der Waals surface area contributed by atoms with Gasteiger partial charge in [-0.15, -0.1) is 9.90 Å². The number of aromatic nitrogens is 6. The third kappa shape index (κ3) is 3.17. The maximum Gasteiger partial charge on any atom is 0.261 e. The molecule has 0 aliphatic rings. The summed E-state index contributed by atoms with van der Waals surface area (Å²) in [4.78, 5) is 17.2. The van der Waals surface area contributed by atoms with Gasteiger partial charge in [0.15, 0.2) is 16.8 Å². The van der Waals surface area contributed by atoms with Crippen molar-refractivity contribution in [3.05, 3.63) is 44.9 Å². The number of halogens is 3. The van der Waals surface area contributed by atoms with Gasteiger partial charge in [0.1, 0.15) is 5.69 Å². The number of hydrogen-bond donors (Lipinski definition) is 1. The molecule has 1 amide bonds. The van der Waals surface area contributed by atoms with Gasteiger partial charge in [0.05, 0.1) is 24.2 Å². The Hall–Kier alpha value is -2.08. The smallest absolute Gasteiger partial charge is 0.261 e. The van der Waals surface area contributed by atoms with Crippen LogP contribution in [0.2, 0.25) is 5.15 Å². The van der Waals surface area contributed by atoms with Crippen LogP contribution in [0, 0.1) is 9.39 Å². The molecule has 1 N–H and O–H groups in total. The van der Waals surface area contributed by atoms with Crippen LogP contribution in [0.5, 0.6) is 0 Å². The number of aryl methyl sites for hydroxylation is 1. The van der Waals surface area contributed by atoms with Crippen LogP contribution in [-0.4, -0.2) is 35.7 Å². The monoisotopic (exact) mass is 447 g/mol. The number of hydrogen-bond acceptors (Lipinski definition) is 5. The first kappa shape index (κ1) is 15.8. The minimum Gasteiger partial charge on any atom is -0.304 e. The molecule has 3 aromatic heterocycles. The second-order valence-corrected chi connectivity index (χ2v) is 5.95. The molecule has 0 bridgehead atoms. The largest absolute Gasteiger partial charge is 0.304 e. The predicted molar refractivity (Wildman–Crippen MR) is 88.0 cm³/mol. The van der Waals surface area contributed by atoms with Crippen molar-refractivity contribution < 1.29 is 9.18 Å². The van der Waals surface area contributed by atoms with Crippen LogP contribution in [0.1, 0.15) is 10.4 Å². The Bertz CT molecular complexity index is 893. The van der Waals surface area contributed by atoms with E-state index in [0.29, 0.717) is 9.26 Å². The molecule has 3 aromatic rings. The van der Waals surface area contributed by atoms with Crippen molar-refractivity contribution in [3.63, 3.8) is 0 Å². The van der Waals surface area contributed by atoms with E-state index in [1.54, 1.807) is 46.7 Å². The molecule has 0 spiro atoms. The summed E-state index contributed by atoms with van der Waals surface area (Å²) in [7, 11) is 1.76. The normalized spacial score (nSPS) is 10.8. The fourth-order valence-corrected chi connectivity index (χ4v) is 2.55. The first-order chi connectivity index (χ1) is 11.0. The molecule has 0 radical (unpaired) electrons. The van der Waals surface area contributed by atoms with Gasteiger partial charge in [-0.05, 0) is 22.6 Å². The number of pyridine rings is 1. The lowest BCUT2D eigenvalue weighted by Gasteiger charge is -2.06. The molecule has 0 aliphatic carbocycles. The van der Waals surface area contributed by atoms with Crippen LogP contribution in [0.15, 0.2) is 24.8 Å². The second kappa shape index (κ2) is 6.20. The molecule has 3 rings (SSSR count). The molecule has 0 aliphatic heterocycles. The molecule has 0 saturated heterocycles. The molecule has 8 nitrogen and oxygen atoms in total. The second-order valence-electron chi connectivity index (χ2n) is 4.43. The summed E-state index contributed by atoms with van der Waals surface area (Å²) < 4.78 is 15.9. The molecule has 0 aromatic carbocycles. The highest BCUT2D eigenvalue weighted by Gasteiger charge is 2.20. The van der Waals surface area contributed by atoms with Crippen LogP contribution >= 0.6 is 34.2 Å². The third-order valence-corrected chi connectivity index (χ3v) is 3.89. The van der Waals surface area contributed by atoms with Crippen molar-refractivity contribution in [2.45, 2.75) is 0 Å². The molecular weight excluding hydrogens is 440 g/mol. The average Bonchev–Trinajstić information content (AvgIpc) is 3.12. The number of carbonyl (C=O) groups is 1. The molecule has 0 unspecified atom stereocenters. The Balaban J connectivity index is 1.84. The van der Waals surface area contributed by atoms with E-state index in [1.165, 1.54) is 17.2 Å². The summed E-state index contributed by atoms with van der Waals surface area (Å²) >= 11 is 7.41. The SMILES string of the molecule is Cn1cc(-n2ncc(NC(=O)c3c(I)cnc(Cl)c3F)n2)cn1. The van der Waals surface area contributed by atoms with Crippen LogP contribution in [0.3, 0.4) is 0 Å². The first-order valence-electron chi connectivity index (χ1n) is 6.18. The van der Waals surface area contributed by atoms with Gasteiger partial charge in [-0.25, -0.2) is 9.37 Å². The standard InChI is InChI=1S/C12H8ClFIN7O/c1-21-5-6(2-17-21)22-18-4-8(20-22)19-12(23)9-7(15)3-16-11(13)10(9)14/h2-5H,1H3,(H,19,20,23). The van der Waals surface area contributed by atoms with Crippen LogP contribution < -0.4 is 5.32 Å². The maximum atomic E-state index is 14.0. The number of nitrogens with zero attached hydrogens (tertiary/aromatic N) is 6. The fraction of sp³-hybridized carbons (Fsp3) is 0.0833. The van der Waals surface area contributed by atoms with Crippen molar-refractivity contribution >= 4 is 45.9 Å². The Kier molecular flexibility index (Phi) is 4.26. The lowest BCUT2D eigenvalue weighted by molar-refractivity contribution is 0.102. The first-order valence-corrected chi connectivity index (χ1v) is 7.63. The highest BCUT2D eigenvalue weighted by atomic mass is 127. The zero-order valence-corrected chi connectivity index (χ0v) is 14.4. The Morgan fingerprint density at radius 1 is 1.35 bits per heavy atom. The summed E-state index contributed by atoms with van der Waals surface area (Å²) in [6.07, 6.45) is 5.93. The summed E-state index contributed by atoms with van der Waals surface area (Å²) in [5.74, 6) is -1.40. The van der Waals surface area contributed by atoms with Crippen molar-refractivity contribution in [2.24, 2.45) is 7.05 Å². The summed E-state index contributed by atoms with van der Waals surface area (Å²) in [6.45, 7) is 0. The molecule has 118 valence electrons. The van der Waals surface area contributed by atoms with E-state index in [2.05, 4.69) is 25.6 Å². The zero-order chi connectivity index (χ0) is 16.6. The van der Waals surface area contributed by atoms with E-state index in [9.17, 15) is 9.18 Å². The van der Waals surface area contributed by atoms with Gasteiger partial charge in [-0.2, -0.15) is 10.2 Å².